The standard InChI is InChI=1S/C12H26O2S2Si/c1-7-13-12(9-14-17(5)6)15-8-10(16-12)11(2,3)4/h10,17H,7-9H2,1-6H3. The molecule has 2 nitrogen and oxygen atoms in total. The number of rotatable bonds is 5. The lowest BCUT2D eigenvalue weighted by molar-refractivity contribution is 0.0630. The highest BCUT2D eigenvalue weighted by molar-refractivity contribution is 8.21. The fourth-order valence-corrected chi connectivity index (χ4v) is 6.07. The van der Waals surface area contributed by atoms with Crippen LogP contribution in [0.4, 0.5) is 0 Å². The van der Waals surface area contributed by atoms with Crippen LogP contribution in [0.5, 0.6) is 0 Å². The van der Waals surface area contributed by atoms with Gasteiger partial charge in [0.25, 0.3) is 0 Å². The first-order chi connectivity index (χ1) is 7.79. The van der Waals surface area contributed by atoms with Crippen molar-refractivity contribution in [3.63, 3.8) is 0 Å². The highest BCUT2D eigenvalue weighted by Crippen LogP contribution is 2.53. The van der Waals surface area contributed by atoms with E-state index in [1.165, 1.54) is 0 Å². The van der Waals surface area contributed by atoms with E-state index in [9.17, 15) is 0 Å². The van der Waals surface area contributed by atoms with Gasteiger partial charge in [-0.05, 0) is 25.4 Å². The maximum absolute atomic E-state index is 5.99. The summed E-state index contributed by atoms with van der Waals surface area (Å²) in [7, 11) is -0.964. The van der Waals surface area contributed by atoms with Gasteiger partial charge in [-0.2, -0.15) is 0 Å². The van der Waals surface area contributed by atoms with Gasteiger partial charge in [0.2, 0.25) is 0 Å². The van der Waals surface area contributed by atoms with Gasteiger partial charge in [0.15, 0.2) is 13.3 Å². The monoisotopic (exact) mass is 294 g/mol. The Kier molecular flexibility index (Phi) is 5.91. The van der Waals surface area contributed by atoms with Crippen molar-refractivity contribution in [2.24, 2.45) is 5.41 Å². The van der Waals surface area contributed by atoms with Gasteiger partial charge < -0.3 is 9.16 Å². The van der Waals surface area contributed by atoms with Crippen LogP contribution in [-0.2, 0) is 9.16 Å². The zero-order chi connectivity index (χ0) is 13.1. The molecule has 0 amide bonds. The van der Waals surface area contributed by atoms with Crippen molar-refractivity contribution >= 4 is 32.6 Å². The van der Waals surface area contributed by atoms with Gasteiger partial charge in [-0.15, -0.1) is 23.5 Å². The SMILES string of the molecule is CCOC1(CO[SiH](C)C)SCC(C(C)(C)C)S1. The van der Waals surface area contributed by atoms with Crippen LogP contribution in [-0.4, -0.2) is 37.5 Å². The predicted octanol–water partition coefficient (Wildman–Crippen LogP) is 3.57. The number of hydrogen-bond donors (Lipinski definition) is 0. The zero-order valence-electron chi connectivity index (χ0n) is 11.9. The van der Waals surface area contributed by atoms with E-state index >= 15 is 0 Å². The Hall–Kier alpha value is 0.837. The Morgan fingerprint density at radius 2 is 2.00 bits per heavy atom. The minimum Gasteiger partial charge on any atom is -0.416 e. The van der Waals surface area contributed by atoms with Crippen LogP contribution in [0, 0.1) is 5.41 Å². The summed E-state index contributed by atoms with van der Waals surface area (Å²) in [5.41, 5.74) is 0.339. The lowest BCUT2D eigenvalue weighted by Crippen LogP contribution is -2.32. The second kappa shape index (κ2) is 6.33. The van der Waals surface area contributed by atoms with Gasteiger partial charge in [0.05, 0.1) is 6.61 Å². The van der Waals surface area contributed by atoms with Crippen LogP contribution in [0.15, 0.2) is 0 Å². The fourth-order valence-electron chi connectivity index (χ4n) is 1.60. The maximum Gasteiger partial charge on any atom is 0.182 e. The molecule has 0 radical (unpaired) electrons. The third-order valence-corrected chi connectivity index (χ3v) is 7.32. The number of hydrogen-bond acceptors (Lipinski definition) is 4. The van der Waals surface area contributed by atoms with E-state index in [-0.39, 0.29) is 4.27 Å². The first-order valence-electron chi connectivity index (χ1n) is 6.36. The zero-order valence-corrected chi connectivity index (χ0v) is 14.7. The third kappa shape index (κ3) is 4.78. The summed E-state index contributed by atoms with van der Waals surface area (Å²) in [4.78, 5) is 0. The van der Waals surface area contributed by atoms with Crippen LogP contribution in [0.3, 0.4) is 0 Å². The molecule has 1 heterocycles. The van der Waals surface area contributed by atoms with E-state index in [0.29, 0.717) is 10.7 Å². The Labute approximate surface area is 116 Å². The summed E-state index contributed by atoms with van der Waals surface area (Å²) in [6, 6.07) is 0. The Morgan fingerprint density at radius 3 is 2.41 bits per heavy atom. The molecule has 0 aromatic rings. The normalized spacial score (nSPS) is 30.2. The van der Waals surface area contributed by atoms with E-state index in [2.05, 4.69) is 40.8 Å². The molecule has 17 heavy (non-hydrogen) atoms. The van der Waals surface area contributed by atoms with Crippen LogP contribution in [0.2, 0.25) is 13.1 Å². The predicted molar refractivity (Wildman–Crippen MR) is 82.5 cm³/mol. The van der Waals surface area contributed by atoms with Gasteiger partial charge in [-0.25, -0.2) is 0 Å². The molecule has 1 rings (SSSR count). The van der Waals surface area contributed by atoms with Crippen molar-refractivity contribution in [2.75, 3.05) is 19.0 Å². The molecule has 1 aliphatic heterocycles. The summed E-state index contributed by atoms with van der Waals surface area (Å²) in [5.74, 6) is 1.16. The molecule has 1 saturated heterocycles. The molecule has 0 aromatic heterocycles. The summed E-state index contributed by atoms with van der Waals surface area (Å²) >= 11 is 3.90. The van der Waals surface area contributed by atoms with E-state index in [0.717, 1.165) is 19.0 Å². The molecule has 0 aromatic carbocycles. The van der Waals surface area contributed by atoms with Crippen molar-refractivity contribution < 1.29 is 9.16 Å². The van der Waals surface area contributed by atoms with Crippen molar-refractivity contribution in [2.45, 2.75) is 50.3 Å². The fraction of sp³-hybridized carbons (Fsp3) is 1.00. The maximum atomic E-state index is 5.99. The molecule has 0 saturated carbocycles. The van der Waals surface area contributed by atoms with Crippen LogP contribution in [0.1, 0.15) is 27.7 Å². The Balaban J connectivity index is 2.62. The van der Waals surface area contributed by atoms with Gasteiger partial charge in [-0.1, -0.05) is 20.8 Å². The second-order valence-electron chi connectivity index (χ2n) is 5.76. The van der Waals surface area contributed by atoms with Gasteiger partial charge in [-0.3, -0.25) is 0 Å². The first kappa shape index (κ1) is 15.9. The van der Waals surface area contributed by atoms with Crippen molar-refractivity contribution in [1.29, 1.82) is 0 Å². The number of thioether (sulfide) groups is 2. The van der Waals surface area contributed by atoms with Gasteiger partial charge in [0.1, 0.15) is 0 Å². The highest BCUT2D eigenvalue weighted by Gasteiger charge is 2.45. The van der Waals surface area contributed by atoms with E-state index in [4.69, 9.17) is 9.16 Å². The average Bonchev–Trinajstić information content (AvgIpc) is 2.60. The largest absolute Gasteiger partial charge is 0.416 e. The topological polar surface area (TPSA) is 18.5 Å². The lowest BCUT2D eigenvalue weighted by atomic mass is 9.93. The van der Waals surface area contributed by atoms with E-state index in [1.807, 2.05) is 23.5 Å². The summed E-state index contributed by atoms with van der Waals surface area (Å²) in [6.07, 6.45) is 0. The molecule has 2 atom stereocenters. The van der Waals surface area contributed by atoms with Crippen LogP contribution < -0.4 is 0 Å². The first-order valence-corrected chi connectivity index (χ1v) is 11.0. The Morgan fingerprint density at radius 1 is 1.35 bits per heavy atom. The molecule has 0 aliphatic carbocycles. The van der Waals surface area contributed by atoms with Crippen molar-refractivity contribution in [3.8, 4) is 0 Å². The quantitative estimate of drug-likeness (QED) is 0.721. The minimum absolute atomic E-state index is 0.149. The van der Waals surface area contributed by atoms with Crippen molar-refractivity contribution in [3.05, 3.63) is 0 Å². The molecular weight excluding hydrogens is 268 g/mol. The molecule has 0 spiro atoms. The summed E-state index contributed by atoms with van der Waals surface area (Å²) < 4.78 is 11.8. The molecule has 1 aliphatic rings. The minimum atomic E-state index is -0.964. The van der Waals surface area contributed by atoms with Crippen molar-refractivity contribution in [1.82, 2.24) is 0 Å². The van der Waals surface area contributed by atoms with E-state index in [1.54, 1.807) is 0 Å². The third-order valence-electron chi connectivity index (χ3n) is 2.70. The summed E-state index contributed by atoms with van der Waals surface area (Å²) in [5, 5.41) is 0.650. The smallest absolute Gasteiger partial charge is 0.182 e. The number of ether oxygens (including phenoxy) is 1. The molecule has 1 fully saturated rings. The molecule has 5 heteroatoms. The average molecular weight is 295 g/mol. The van der Waals surface area contributed by atoms with Gasteiger partial charge >= 0.3 is 0 Å². The highest BCUT2D eigenvalue weighted by atomic mass is 32.2. The second-order valence-corrected chi connectivity index (χ2v) is 11.2. The molecule has 2 unspecified atom stereocenters. The summed E-state index contributed by atoms with van der Waals surface area (Å²) in [6.45, 7) is 14.9. The molecule has 0 N–H and O–H groups in total. The Bertz CT molecular complexity index is 243. The van der Waals surface area contributed by atoms with Crippen LogP contribution in [0.25, 0.3) is 0 Å². The lowest BCUT2D eigenvalue weighted by Gasteiger charge is -2.31. The molecular formula is C12H26O2S2Si. The van der Waals surface area contributed by atoms with E-state index < -0.39 is 9.04 Å². The van der Waals surface area contributed by atoms with Gasteiger partial charge in [0, 0.05) is 17.6 Å². The molecule has 102 valence electrons. The molecule has 0 bridgehead atoms. The van der Waals surface area contributed by atoms with Crippen LogP contribution >= 0.6 is 23.5 Å².